The molecule has 2 amide bonds. The topological polar surface area (TPSA) is 37.4 Å². The fourth-order valence-electron chi connectivity index (χ4n) is 0.475. The Hall–Kier alpha value is -1.12. The predicted octanol–water partition coefficient (Wildman–Crippen LogP) is 1.35. The molecule has 0 spiro atoms. The highest BCUT2D eigenvalue weighted by Crippen LogP contribution is 1.97. The molecule has 0 aliphatic carbocycles. The van der Waals surface area contributed by atoms with E-state index in [9.17, 15) is 9.59 Å². The average molecular weight is 169 g/mol. The molecule has 0 aromatic heterocycles. The van der Waals surface area contributed by atoms with Gasteiger partial charge in [-0.25, -0.2) is 0 Å². The van der Waals surface area contributed by atoms with Crippen molar-refractivity contribution in [3.63, 3.8) is 0 Å². The van der Waals surface area contributed by atoms with E-state index in [1.54, 1.807) is 0 Å². The number of hydrogen-bond acceptors (Lipinski definition) is 2. The molecule has 1 aliphatic heterocycles. The van der Waals surface area contributed by atoms with Gasteiger partial charge < -0.3 is 0 Å². The fourth-order valence-corrected chi connectivity index (χ4v) is 0.475. The molecule has 1 aliphatic rings. The number of rotatable bonds is 1. The van der Waals surface area contributed by atoms with Gasteiger partial charge in [-0.2, -0.15) is 0 Å². The molecule has 0 aromatic rings. The summed E-state index contributed by atoms with van der Waals surface area (Å²) in [6.07, 6.45) is 5.14. The van der Waals surface area contributed by atoms with Crippen molar-refractivity contribution in [3.05, 3.63) is 12.2 Å². The summed E-state index contributed by atoms with van der Waals surface area (Å²) in [6.45, 7) is 4.36. The van der Waals surface area contributed by atoms with E-state index in [0.717, 1.165) is 4.90 Å². The Labute approximate surface area is 73.1 Å². The zero-order valence-electron chi connectivity index (χ0n) is 7.83. The Morgan fingerprint density at radius 3 is 1.50 bits per heavy atom. The van der Waals surface area contributed by atoms with Crippen LogP contribution in [0.15, 0.2) is 12.2 Å². The standard InChI is InChI=1S/C5H5NO2.C4H10/c1-6-4(7)2-3-5(6)8;1-3-4-2/h2-3H,1H3;3-4H2,1-2H3. The van der Waals surface area contributed by atoms with Gasteiger partial charge in [0.2, 0.25) is 0 Å². The summed E-state index contributed by atoms with van der Waals surface area (Å²) in [5, 5.41) is 0. The van der Waals surface area contributed by atoms with Crippen LogP contribution in [0, 0.1) is 0 Å². The molecule has 1 rings (SSSR count). The minimum Gasteiger partial charge on any atom is -0.279 e. The van der Waals surface area contributed by atoms with Crippen LogP contribution in [0.25, 0.3) is 0 Å². The van der Waals surface area contributed by atoms with E-state index >= 15 is 0 Å². The van der Waals surface area contributed by atoms with Crippen LogP contribution >= 0.6 is 0 Å². The Bertz CT molecular complexity index is 177. The Morgan fingerprint density at radius 1 is 1.08 bits per heavy atom. The Balaban J connectivity index is 0.000000261. The first-order valence-corrected chi connectivity index (χ1v) is 4.13. The Morgan fingerprint density at radius 2 is 1.42 bits per heavy atom. The summed E-state index contributed by atoms with van der Waals surface area (Å²) < 4.78 is 0. The molecule has 0 atom stereocenters. The number of hydrogen-bond donors (Lipinski definition) is 0. The Kier molecular flexibility index (Phi) is 5.00. The van der Waals surface area contributed by atoms with E-state index in [2.05, 4.69) is 13.8 Å². The minimum atomic E-state index is -0.241. The molecular formula is C9H15NO2. The lowest BCUT2D eigenvalue weighted by molar-refractivity contribution is -0.135. The summed E-state index contributed by atoms with van der Waals surface area (Å²) in [4.78, 5) is 21.9. The molecule has 0 radical (unpaired) electrons. The van der Waals surface area contributed by atoms with Gasteiger partial charge in [0.25, 0.3) is 11.8 Å². The van der Waals surface area contributed by atoms with E-state index in [1.807, 2.05) is 0 Å². The van der Waals surface area contributed by atoms with Crippen molar-refractivity contribution in [2.24, 2.45) is 0 Å². The summed E-state index contributed by atoms with van der Waals surface area (Å²) in [5.41, 5.74) is 0. The number of carbonyl (C=O) groups excluding carboxylic acids is 2. The van der Waals surface area contributed by atoms with Crippen molar-refractivity contribution in [1.29, 1.82) is 0 Å². The first kappa shape index (κ1) is 10.9. The van der Waals surface area contributed by atoms with Crippen LogP contribution in [0.5, 0.6) is 0 Å². The van der Waals surface area contributed by atoms with Crippen LogP contribution < -0.4 is 0 Å². The van der Waals surface area contributed by atoms with Crippen molar-refractivity contribution < 1.29 is 9.59 Å². The van der Waals surface area contributed by atoms with Gasteiger partial charge in [-0.1, -0.05) is 26.7 Å². The summed E-state index contributed by atoms with van der Waals surface area (Å²) in [6, 6.07) is 0. The predicted molar refractivity (Wildman–Crippen MR) is 47.5 cm³/mol. The third-order valence-electron chi connectivity index (χ3n) is 1.53. The van der Waals surface area contributed by atoms with Gasteiger partial charge in [-0.15, -0.1) is 0 Å². The molecule has 12 heavy (non-hydrogen) atoms. The second-order valence-electron chi connectivity index (χ2n) is 2.57. The van der Waals surface area contributed by atoms with E-state index in [4.69, 9.17) is 0 Å². The van der Waals surface area contributed by atoms with Crippen LogP contribution in [0.3, 0.4) is 0 Å². The van der Waals surface area contributed by atoms with Crippen molar-refractivity contribution in [2.75, 3.05) is 7.05 Å². The largest absolute Gasteiger partial charge is 0.279 e. The maximum Gasteiger partial charge on any atom is 0.253 e. The molecule has 0 saturated heterocycles. The van der Waals surface area contributed by atoms with E-state index < -0.39 is 0 Å². The van der Waals surface area contributed by atoms with Crippen LogP contribution in [-0.4, -0.2) is 23.8 Å². The van der Waals surface area contributed by atoms with Gasteiger partial charge in [-0.05, 0) is 0 Å². The quantitative estimate of drug-likeness (QED) is 0.555. The molecule has 0 saturated carbocycles. The molecule has 68 valence electrons. The van der Waals surface area contributed by atoms with E-state index in [0.29, 0.717) is 0 Å². The molecule has 0 N–H and O–H groups in total. The third kappa shape index (κ3) is 3.32. The van der Waals surface area contributed by atoms with Gasteiger partial charge in [0.05, 0.1) is 0 Å². The number of carbonyl (C=O) groups is 2. The number of unbranched alkanes of at least 4 members (excludes halogenated alkanes) is 1. The van der Waals surface area contributed by atoms with Crippen LogP contribution in [-0.2, 0) is 9.59 Å². The van der Waals surface area contributed by atoms with Crippen molar-refractivity contribution >= 4 is 11.8 Å². The maximum atomic E-state index is 10.4. The molecule has 0 unspecified atom stereocenters. The second kappa shape index (κ2) is 5.52. The van der Waals surface area contributed by atoms with Gasteiger partial charge >= 0.3 is 0 Å². The number of amides is 2. The van der Waals surface area contributed by atoms with Gasteiger partial charge in [-0.3, -0.25) is 14.5 Å². The lowest BCUT2D eigenvalue weighted by Crippen LogP contribution is -2.24. The second-order valence-corrected chi connectivity index (χ2v) is 2.57. The molecule has 3 nitrogen and oxygen atoms in total. The fraction of sp³-hybridized carbons (Fsp3) is 0.556. The first-order chi connectivity index (χ1) is 5.63. The highest BCUT2D eigenvalue weighted by atomic mass is 16.2. The van der Waals surface area contributed by atoms with Crippen molar-refractivity contribution in [3.8, 4) is 0 Å². The SMILES string of the molecule is CCCC.CN1C(=O)C=CC1=O. The lowest BCUT2D eigenvalue weighted by Gasteiger charge is -2.01. The van der Waals surface area contributed by atoms with Gasteiger partial charge in [0.1, 0.15) is 0 Å². The number of imide groups is 1. The molecule has 0 fully saturated rings. The molecular weight excluding hydrogens is 154 g/mol. The molecule has 1 heterocycles. The minimum absolute atomic E-state index is 0.241. The lowest BCUT2D eigenvalue weighted by atomic mass is 10.4. The van der Waals surface area contributed by atoms with Crippen LogP contribution in [0.1, 0.15) is 26.7 Å². The van der Waals surface area contributed by atoms with Crippen LogP contribution in [0.4, 0.5) is 0 Å². The molecule has 3 heteroatoms. The first-order valence-electron chi connectivity index (χ1n) is 4.13. The van der Waals surface area contributed by atoms with Gasteiger partial charge in [0, 0.05) is 19.2 Å². The van der Waals surface area contributed by atoms with E-state index in [-0.39, 0.29) is 11.8 Å². The van der Waals surface area contributed by atoms with Crippen LogP contribution in [0.2, 0.25) is 0 Å². The normalized spacial score (nSPS) is 14.8. The maximum absolute atomic E-state index is 10.4. The number of nitrogens with zero attached hydrogens (tertiary/aromatic N) is 1. The zero-order valence-corrected chi connectivity index (χ0v) is 7.83. The summed E-state index contributed by atoms with van der Waals surface area (Å²) in [5.74, 6) is -0.481. The number of likely N-dealkylation sites (N-methyl/N-ethyl adjacent to an activating group) is 1. The highest BCUT2D eigenvalue weighted by molar-refractivity contribution is 6.12. The smallest absolute Gasteiger partial charge is 0.253 e. The summed E-state index contributed by atoms with van der Waals surface area (Å²) >= 11 is 0. The highest BCUT2D eigenvalue weighted by Gasteiger charge is 2.17. The monoisotopic (exact) mass is 169 g/mol. The average Bonchev–Trinajstić information content (AvgIpc) is 2.37. The van der Waals surface area contributed by atoms with Crippen molar-refractivity contribution in [1.82, 2.24) is 4.90 Å². The zero-order chi connectivity index (χ0) is 9.56. The van der Waals surface area contributed by atoms with Crippen molar-refractivity contribution in [2.45, 2.75) is 26.7 Å². The molecule has 0 bridgehead atoms. The third-order valence-corrected chi connectivity index (χ3v) is 1.53. The van der Waals surface area contributed by atoms with E-state index in [1.165, 1.54) is 32.0 Å². The van der Waals surface area contributed by atoms with Gasteiger partial charge in [0.15, 0.2) is 0 Å². The summed E-state index contributed by atoms with van der Waals surface area (Å²) in [7, 11) is 1.45. The molecule has 0 aromatic carbocycles.